The fourth-order valence-electron chi connectivity index (χ4n) is 1.43. The molecule has 0 aliphatic rings. The smallest absolute Gasteiger partial charge is 0.329 e. The predicted octanol–water partition coefficient (Wildman–Crippen LogP) is 1.33. The standard InChI is InChI=1S/C9H19F3N2O2S/c1-4-8(5-13)17(15,16)14(7(2)3)6-9(10,11)12/h7-8H,4-6,13H2,1-3H3. The van der Waals surface area contributed by atoms with Crippen LogP contribution in [-0.2, 0) is 10.0 Å². The van der Waals surface area contributed by atoms with Crippen LogP contribution < -0.4 is 5.73 Å². The van der Waals surface area contributed by atoms with Gasteiger partial charge in [0.2, 0.25) is 10.0 Å². The van der Waals surface area contributed by atoms with E-state index in [0.29, 0.717) is 4.31 Å². The highest BCUT2D eigenvalue weighted by atomic mass is 32.2. The number of sulfonamides is 1. The Bertz CT molecular complexity index is 324. The summed E-state index contributed by atoms with van der Waals surface area (Å²) in [5.74, 6) is 0. The summed E-state index contributed by atoms with van der Waals surface area (Å²) < 4.78 is 61.4. The third-order valence-electron chi connectivity index (χ3n) is 2.38. The first kappa shape index (κ1) is 16.7. The molecule has 0 radical (unpaired) electrons. The lowest BCUT2D eigenvalue weighted by atomic mass is 10.3. The van der Waals surface area contributed by atoms with E-state index in [1.807, 2.05) is 0 Å². The molecule has 1 atom stereocenters. The maximum atomic E-state index is 12.3. The van der Waals surface area contributed by atoms with Crippen molar-refractivity contribution >= 4 is 10.0 Å². The molecule has 17 heavy (non-hydrogen) atoms. The lowest BCUT2D eigenvalue weighted by Gasteiger charge is -2.30. The number of hydrogen-bond acceptors (Lipinski definition) is 3. The molecule has 0 aliphatic heterocycles. The summed E-state index contributed by atoms with van der Waals surface area (Å²) in [5.41, 5.74) is 5.28. The van der Waals surface area contributed by atoms with Crippen molar-refractivity contribution in [2.75, 3.05) is 13.1 Å². The Kier molecular flexibility index (Phi) is 5.89. The van der Waals surface area contributed by atoms with Crippen molar-refractivity contribution in [1.29, 1.82) is 0 Å². The third kappa shape index (κ3) is 4.81. The SMILES string of the molecule is CCC(CN)S(=O)(=O)N(CC(F)(F)F)C(C)C. The van der Waals surface area contributed by atoms with Crippen LogP contribution >= 0.6 is 0 Å². The summed E-state index contributed by atoms with van der Waals surface area (Å²) in [7, 11) is -4.01. The molecule has 8 heteroatoms. The fraction of sp³-hybridized carbons (Fsp3) is 1.00. The highest BCUT2D eigenvalue weighted by molar-refractivity contribution is 7.89. The summed E-state index contributed by atoms with van der Waals surface area (Å²) in [6.07, 6.45) is -4.36. The average Bonchev–Trinajstić information content (AvgIpc) is 2.13. The normalized spacial score (nSPS) is 15.6. The van der Waals surface area contributed by atoms with Crippen molar-refractivity contribution in [3.63, 3.8) is 0 Å². The predicted molar refractivity (Wildman–Crippen MR) is 60.0 cm³/mol. The Morgan fingerprint density at radius 2 is 1.76 bits per heavy atom. The Balaban J connectivity index is 5.19. The molecular weight excluding hydrogens is 257 g/mol. The number of nitrogens with zero attached hydrogens (tertiary/aromatic N) is 1. The summed E-state index contributed by atoms with van der Waals surface area (Å²) in [5, 5.41) is -0.966. The van der Waals surface area contributed by atoms with Gasteiger partial charge in [-0.15, -0.1) is 0 Å². The summed E-state index contributed by atoms with van der Waals surface area (Å²) in [6.45, 7) is 2.75. The van der Waals surface area contributed by atoms with E-state index in [-0.39, 0.29) is 13.0 Å². The van der Waals surface area contributed by atoms with Crippen molar-refractivity contribution < 1.29 is 21.6 Å². The third-order valence-corrected chi connectivity index (χ3v) is 4.95. The molecule has 0 saturated carbocycles. The zero-order chi connectivity index (χ0) is 13.9. The number of nitrogens with two attached hydrogens (primary N) is 1. The van der Waals surface area contributed by atoms with E-state index < -0.39 is 34.0 Å². The molecule has 0 heterocycles. The Morgan fingerprint density at radius 3 is 2.00 bits per heavy atom. The first-order chi connectivity index (χ1) is 7.56. The van der Waals surface area contributed by atoms with Gasteiger partial charge in [0.15, 0.2) is 0 Å². The van der Waals surface area contributed by atoms with Crippen molar-refractivity contribution in [3.05, 3.63) is 0 Å². The maximum Gasteiger partial charge on any atom is 0.402 e. The molecule has 104 valence electrons. The zero-order valence-corrected chi connectivity index (χ0v) is 11.0. The second kappa shape index (κ2) is 6.01. The quantitative estimate of drug-likeness (QED) is 0.796. The van der Waals surface area contributed by atoms with E-state index in [4.69, 9.17) is 5.73 Å². The van der Waals surface area contributed by atoms with E-state index in [0.717, 1.165) is 0 Å². The van der Waals surface area contributed by atoms with Gasteiger partial charge in [-0.2, -0.15) is 17.5 Å². The Morgan fingerprint density at radius 1 is 1.29 bits per heavy atom. The van der Waals surface area contributed by atoms with Crippen LogP contribution in [0, 0.1) is 0 Å². The molecule has 0 saturated heterocycles. The molecule has 0 aromatic heterocycles. The van der Waals surface area contributed by atoms with E-state index >= 15 is 0 Å². The van der Waals surface area contributed by atoms with Crippen molar-refractivity contribution in [1.82, 2.24) is 4.31 Å². The molecule has 4 nitrogen and oxygen atoms in total. The number of rotatable bonds is 6. The highest BCUT2D eigenvalue weighted by Gasteiger charge is 2.40. The van der Waals surface area contributed by atoms with Gasteiger partial charge in [0.25, 0.3) is 0 Å². The van der Waals surface area contributed by atoms with E-state index in [1.54, 1.807) is 6.92 Å². The minimum Gasteiger partial charge on any atom is -0.329 e. The molecule has 0 rings (SSSR count). The van der Waals surface area contributed by atoms with Crippen molar-refractivity contribution in [2.24, 2.45) is 5.73 Å². The van der Waals surface area contributed by atoms with Crippen LogP contribution in [0.1, 0.15) is 27.2 Å². The zero-order valence-electron chi connectivity index (χ0n) is 10.2. The second-order valence-electron chi connectivity index (χ2n) is 4.07. The molecule has 0 aliphatic carbocycles. The van der Waals surface area contributed by atoms with Gasteiger partial charge in [0, 0.05) is 12.6 Å². The number of alkyl halides is 3. The van der Waals surface area contributed by atoms with Crippen LogP contribution in [0.5, 0.6) is 0 Å². The monoisotopic (exact) mass is 276 g/mol. The molecule has 0 aromatic carbocycles. The van der Waals surface area contributed by atoms with Gasteiger partial charge >= 0.3 is 6.18 Å². The largest absolute Gasteiger partial charge is 0.402 e. The maximum absolute atomic E-state index is 12.3. The van der Waals surface area contributed by atoms with E-state index in [2.05, 4.69) is 0 Å². The van der Waals surface area contributed by atoms with Gasteiger partial charge in [-0.25, -0.2) is 8.42 Å². The summed E-state index contributed by atoms with van der Waals surface area (Å²) >= 11 is 0. The summed E-state index contributed by atoms with van der Waals surface area (Å²) in [4.78, 5) is 0. The lowest BCUT2D eigenvalue weighted by molar-refractivity contribution is -0.138. The minimum absolute atomic E-state index is 0.181. The Hall–Kier alpha value is -0.340. The van der Waals surface area contributed by atoms with Gasteiger partial charge in [-0.05, 0) is 20.3 Å². The molecule has 0 amide bonds. The average molecular weight is 276 g/mol. The first-order valence-corrected chi connectivity index (χ1v) is 6.84. The Labute approximate surface area is 100 Å². The van der Waals surface area contributed by atoms with Crippen LogP contribution in [0.25, 0.3) is 0 Å². The first-order valence-electron chi connectivity index (χ1n) is 5.33. The van der Waals surface area contributed by atoms with Crippen LogP contribution in [0.4, 0.5) is 13.2 Å². The molecule has 0 bridgehead atoms. The van der Waals surface area contributed by atoms with Crippen LogP contribution in [0.3, 0.4) is 0 Å². The molecular formula is C9H19F3N2O2S. The lowest BCUT2D eigenvalue weighted by Crippen LogP contribution is -2.49. The highest BCUT2D eigenvalue weighted by Crippen LogP contribution is 2.23. The molecule has 2 N–H and O–H groups in total. The second-order valence-corrected chi connectivity index (χ2v) is 6.23. The van der Waals surface area contributed by atoms with Crippen LogP contribution in [0.15, 0.2) is 0 Å². The molecule has 0 fully saturated rings. The van der Waals surface area contributed by atoms with E-state index in [9.17, 15) is 21.6 Å². The molecule has 1 unspecified atom stereocenters. The van der Waals surface area contributed by atoms with Gasteiger partial charge in [-0.1, -0.05) is 6.92 Å². The van der Waals surface area contributed by atoms with Gasteiger partial charge in [0.1, 0.15) is 6.54 Å². The van der Waals surface area contributed by atoms with E-state index in [1.165, 1.54) is 13.8 Å². The van der Waals surface area contributed by atoms with Crippen LogP contribution in [-0.4, -0.2) is 43.3 Å². The molecule has 0 aromatic rings. The fourth-order valence-corrected chi connectivity index (χ4v) is 3.39. The van der Waals surface area contributed by atoms with Crippen molar-refractivity contribution in [2.45, 2.75) is 44.7 Å². The minimum atomic E-state index is -4.55. The molecule has 0 spiro atoms. The van der Waals surface area contributed by atoms with Gasteiger partial charge < -0.3 is 5.73 Å². The topological polar surface area (TPSA) is 63.4 Å². The van der Waals surface area contributed by atoms with Crippen LogP contribution in [0.2, 0.25) is 0 Å². The number of hydrogen-bond donors (Lipinski definition) is 1. The van der Waals surface area contributed by atoms with Gasteiger partial charge in [-0.3, -0.25) is 0 Å². The number of halogens is 3. The summed E-state index contributed by atoms with van der Waals surface area (Å²) in [6, 6.07) is -0.748. The van der Waals surface area contributed by atoms with Gasteiger partial charge in [0.05, 0.1) is 5.25 Å². The van der Waals surface area contributed by atoms with Crippen molar-refractivity contribution in [3.8, 4) is 0 Å².